The molecule has 0 amide bonds. The predicted octanol–water partition coefficient (Wildman–Crippen LogP) is 3.74. The minimum absolute atomic E-state index is 0.342. The van der Waals surface area contributed by atoms with Crippen molar-refractivity contribution in [1.29, 1.82) is 0 Å². The average Bonchev–Trinajstić information content (AvgIpc) is 2.97. The van der Waals surface area contributed by atoms with E-state index in [0.717, 1.165) is 36.0 Å². The highest BCUT2D eigenvalue weighted by Crippen LogP contribution is 2.35. The van der Waals surface area contributed by atoms with Crippen LogP contribution in [0.2, 0.25) is 0 Å². The van der Waals surface area contributed by atoms with Crippen molar-refractivity contribution in [2.75, 3.05) is 0 Å². The first-order chi connectivity index (χ1) is 10.8. The van der Waals surface area contributed by atoms with Crippen LogP contribution >= 0.6 is 0 Å². The summed E-state index contributed by atoms with van der Waals surface area (Å²) in [4.78, 5) is 16.8. The summed E-state index contributed by atoms with van der Waals surface area (Å²) in [5.74, 6) is 0.0571. The lowest BCUT2D eigenvalue weighted by atomic mass is 9.86. The summed E-state index contributed by atoms with van der Waals surface area (Å²) in [6.45, 7) is 0. The number of carbonyl (C=O) groups is 1. The summed E-state index contributed by atoms with van der Waals surface area (Å²) >= 11 is 0. The van der Waals surface area contributed by atoms with E-state index < -0.39 is 0 Å². The Labute approximate surface area is 129 Å². The average molecular weight is 289 g/mol. The molecule has 2 aliphatic rings. The van der Waals surface area contributed by atoms with Gasteiger partial charge in [0.1, 0.15) is 0 Å². The monoisotopic (exact) mass is 289 g/mol. The molecule has 1 heterocycles. The van der Waals surface area contributed by atoms with E-state index in [9.17, 15) is 4.79 Å². The number of hydrogen-bond donors (Lipinski definition) is 0. The maximum absolute atomic E-state index is 12.3. The molecule has 0 N–H and O–H groups in total. The van der Waals surface area contributed by atoms with Crippen LogP contribution in [0.15, 0.2) is 65.3 Å². The van der Waals surface area contributed by atoms with E-state index in [0.29, 0.717) is 11.6 Å². The topological polar surface area (TPSA) is 38.7 Å². The first-order valence-electron chi connectivity index (χ1n) is 7.50. The van der Waals surface area contributed by atoms with Gasteiger partial charge in [-0.05, 0) is 48.1 Å². The van der Waals surface area contributed by atoms with Crippen molar-refractivity contribution in [3.63, 3.8) is 0 Å². The minimum Gasteiger partial charge on any atom is -0.402 e. The van der Waals surface area contributed by atoms with Crippen molar-refractivity contribution in [3.8, 4) is 0 Å². The molecule has 0 bridgehead atoms. The molecule has 0 spiro atoms. The van der Waals surface area contributed by atoms with Gasteiger partial charge < -0.3 is 4.74 Å². The second kappa shape index (κ2) is 5.26. The summed E-state index contributed by atoms with van der Waals surface area (Å²) in [6, 6.07) is 17.8. The third kappa shape index (κ3) is 2.15. The Morgan fingerprint density at radius 3 is 2.55 bits per heavy atom. The fraction of sp³-hybridized carbons (Fsp3) is 0.158. The number of aryl methyl sites for hydroxylation is 1. The van der Waals surface area contributed by atoms with Gasteiger partial charge in [0.05, 0.1) is 0 Å². The molecule has 0 unspecified atom stereocenters. The molecule has 4 rings (SSSR count). The van der Waals surface area contributed by atoms with Gasteiger partial charge in [0.2, 0.25) is 5.90 Å². The second-order valence-corrected chi connectivity index (χ2v) is 5.51. The maximum atomic E-state index is 12.3. The van der Waals surface area contributed by atoms with Crippen LogP contribution in [-0.2, 0) is 16.0 Å². The Kier molecular flexibility index (Phi) is 3.11. The highest BCUT2D eigenvalue weighted by Gasteiger charge is 2.29. The van der Waals surface area contributed by atoms with Crippen LogP contribution in [0.1, 0.15) is 29.5 Å². The Bertz CT molecular complexity index is 803. The van der Waals surface area contributed by atoms with Crippen molar-refractivity contribution < 1.29 is 9.53 Å². The maximum Gasteiger partial charge on any atom is 0.364 e. The number of nitrogens with zero attached hydrogens (tertiary/aromatic N) is 1. The number of ether oxygens (including phenoxy) is 1. The van der Waals surface area contributed by atoms with Gasteiger partial charge in [0, 0.05) is 5.56 Å². The Morgan fingerprint density at radius 1 is 0.909 bits per heavy atom. The molecule has 0 saturated heterocycles. The smallest absolute Gasteiger partial charge is 0.364 e. The first kappa shape index (κ1) is 13.0. The lowest BCUT2D eigenvalue weighted by Crippen LogP contribution is -2.08. The zero-order valence-electron chi connectivity index (χ0n) is 12.1. The van der Waals surface area contributed by atoms with Gasteiger partial charge in [-0.1, -0.05) is 42.5 Å². The van der Waals surface area contributed by atoms with Gasteiger partial charge >= 0.3 is 5.97 Å². The number of allylic oxidation sites excluding steroid dienone is 1. The fourth-order valence-corrected chi connectivity index (χ4v) is 3.07. The number of carbonyl (C=O) groups excluding carboxylic acids is 1. The highest BCUT2D eigenvalue weighted by molar-refractivity contribution is 6.14. The fourth-order valence-electron chi connectivity index (χ4n) is 3.07. The molecular formula is C19H15NO2. The molecular weight excluding hydrogens is 274 g/mol. The molecule has 1 aliphatic carbocycles. The van der Waals surface area contributed by atoms with Crippen molar-refractivity contribution in [2.24, 2.45) is 4.99 Å². The highest BCUT2D eigenvalue weighted by atomic mass is 16.6. The number of hydrogen-bond acceptors (Lipinski definition) is 3. The van der Waals surface area contributed by atoms with Crippen LogP contribution in [0.4, 0.5) is 0 Å². The summed E-state index contributed by atoms with van der Waals surface area (Å²) in [5, 5.41) is 0. The normalized spacial score (nSPS) is 20.4. The molecule has 0 atom stereocenters. The zero-order chi connectivity index (χ0) is 14.9. The number of aliphatic imine (C=N–C) groups is 1. The van der Waals surface area contributed by atoms with Crippen molar-refractivity contribution in [1.82, 2.24) is 0 Å². The molecule has 22 heavy (non-hydrogen) atoms. The standard InChI is InChI=1S/C19H15NO2/c21-19-17(20-18(22-19)14-8-2-1-3-9-14)16-12-6-10-13-7-4-5-11-15(13)16/h1-5,7-9,11H,6,10,12H2/b17-16-. The van der Waals surface area contributed by atoms with Crippen LogP contribution in [-0.4, -0.2) is 11.9 Å². The number of esters is 1. The van der Waals surface area contributed by atoms with Crippen LogP contribution in [0, 0.1) is 0 Å². The van der Waals surface area contributed by atoms with Crippen LogP contribution < -0.4 is 0 Å². The van der Waals surface area contributed by atoms with E-state index in [1.807, 2.05) is 42.5 Å². The third-order valence-corrected chi connectivity index (χ3v) is 4.12. The summed E-state index contributed by atoms with van der Waals surface area (Å²) in [5.41, 5.74) is 4.73. The summed E-state index contributed by atoms with van der Waals surface area (Å²) in [7, 11) is 0. The number of rotatable bonds is 1. The lowest BCUT2D eigenvalue weighted by Gasteiger charge is -2.18. The molecule has 2 aromatic rings. The van der Waals surface area contributed by atoms with E-state index in [4.69, 9.17) is 4.74 Å². The molecule has 3 nitrogen and oxygen atoms in total. The molecule has 3 heteroatoms. The second-order valence-electron chi connectivity index (χ2n) is 5.51. The number of benzene rings is 2. The molecule has 0 aromatic heterocycles. The Hall–Kier alpha value is -2.68. The van der Waals surface area contributed by atoms with Crippen molar-refractivity contribution >= 4 is 17.4 Å². The van der Waals surface area contributed by atoms with Gasteiger partial charge in [0.15, 0.2) is 5.70 Å². The molecule has 0 radical (unpaired) electrons. The van der Waals surface area contributed by atoms with E-state index >= 15 is 0 Å². The summed E-state index contributed by atoms with van der Waals surface area (Å²) in [6.07, 6.45) is 2.96. The number of cyclic esters (lactones) is 1. The lowest BCUT2D eigenvalue weighted by molar-refractivity contribution is -0.129. The zero-order valence-corrected chi connectivity index (χ0v) is 12.1. The van der Waals surface area contributed by atoms with Gasteiger partial charge in [0.25, 0.3) is 0 Å². The van der Waals surface area contributed by atoms with Crippen molar-refractivity contribution in [3.05, 3.63) is 77.0 Å². The molecule has 0 saturated carbocycles. The Balaban J connectivity index is 1.83. The quantitative estimate of drug-likeness (QED) is 0.592. The van der Waals surface area contributed by atoms with E-state index in [2.05, 4.69) is 17.1 Å². The largest absolute Gasteiger partial charge is 0.402 e. The van der Waals surface area contributed by atoms with E-state index in [1.165, 1.54) is 5.56 Å². The molecule has 2 aromatic carbocycles. The van der Waals surface area contributed by atoms with E-state index in [1.54, 1.807) is 0 Å². The first-order valence-corrected chi connectivity index (χ1v) is 7.50. The van der Waals surface area contributed by atoms with Crippen molar-refractivity contribution in [2.45, 2.75) is 19.3 Å². The van der Waals surface area contributed by atoms with Gasteiger partial charge in [-0.3, -0.25) is 0 Å². The van der Waals surface area contributed by atoms with Gasteiger partial charge in [-0.25, -0.2) is 9.79 Å². The molecule has 1 aliphatic heterocycles. The Morgan fingerprint density at radius 2 is 1.68 bits per heavy atom. The number of fused-ring (bicyclic) bond motifs is 1. The van der Waals surface area contributed by atoms with Gasteiger partial charge in [-0.15, -0.1) is 0 Å². The van der Waals surface area contributed by atoms with Crippen LogP contribution in [0.5, 0.6) is 0 Å². The van der Waals surface area contributed by atoms with E-state index in [-0.39, 0.29) is 5.97 Å². The molecule has 0 fully saturated rings. The molecule has 108 valence electrons. The van der Waals surface area contributed by atoms with Crippen LogP contribution in [0.3, 0.4) is 0 Å². The van der Waals surface area contributed by atoms with Gasteiger partial charge in [-0.2, -0.15) is 0 Å². The predicted molar refractivity (Wildman–Crippen MR) is 85.4 cm³/mol. The SMILES string of the molecule is O=C1OC(c2ccccc2)=N/C1=C1/CCCc2ccccc21. The third-order valence-electron chi connectivity index (χ3n) is 4.12. The minimum atomic E-state index is -0.342. The van der Waals surface area contributed by atoms with Crippen LogP contribution in [0.25, 0.3) is 5.57 Å². The summed E-state index contributed by atoms with van der Waals surface area (Å²) < 4.78 is 5.38.